The van der Waals surface area contributed by atoms with Crippen molar-refractivity contribution in [2.75, 3.05) is 0 Å². The van der Waals surface area contributed by atoms with Gasteiger partial charge >= 0.3 is 5.69 Å². The highest BCUT2D eigenvalue weighted by Gasteiger charge is 2.29. The molecule has 7 rings (SSSR count). The summed E-state index contributed by atoms with van der Waals surface area (Å²) in [5.41, 5.74) is 9.09. The summed E-state index contributed by atoms with van der Waals surface area (Å²) in [5, 5.41) is 0. The molecule has 0 bridgehead atoms. The lowest BCUT2D eigenvalue weighted by atomic mass is 9.92. The van der Waals surface area contributed by atoms with Crippen molar-refractivity contribution in [2.24, 2.45) is 0 Å². The standard InChI is InChI=1S/C26H16N2OS/c29-26-27-15-18-11-10-17(16-6-2-1-3-7-16)14-20(18)19-12-13-23-25(24(19)27)28(26)21-8-4-5-9-22(21)30-23/h1-14H,15H2. The molecular weight excluding hydrogens is 388 g/mol. The quantitative estimate of drug-likeness (QED) is 0.338. The maximum atomic E-state index is 13.5. The molecule has 30 heavy (non-hydrogen) atoms. The van der Waals surface area contributed by atoms with Crippen molar-refractivity contribution in [3.63, 3.8) is 0 Å². The molecule has 0 unspecified atom stereocenters. The summed E-state index contributed by atoms with van der Waals surface area (Å²) in [6.45, 7) is 0.607. The average molecular weight is 404 g/mol. The zero-order valence-electron chi connectivity index (χ0n) is 16.0. The highest BCUT2D eigenvalue weighted by atomic mass is 32.2. The van der Waals surface area contributed by atoms with Crippen molar-refractivity contribution in [2.45, 2.75) is 16.3 Å². The van der Waals surface area contributed by atoms with Crippen LogP contribution in [-0.4, -0.2) is 9.13 Å². The lowest BCUT2D eigenvalue weighted by Crippen LogP contribution is -2.25. The molecular formula is C26H16N2OS. The molecule has 4 aromatic carbocycles. The highest BCUT2D eigenvalue weighted by molar-refractivity contribution is 7.99. The molecule has 0 saturated carbocycles. The smallest absolute Gasteiger partial charge is 0.286 e. The van der Waals surface area contributed by atoms with Crippen LogP contribution >= 0.6 is 11.8 Å². The second kappa shape index (κ2) is 5.77. The van der Waals surface area contributed by atoms with Crippen LogP contribution in [0.3, 0.4) is 0 Å². The summed E-state index contributed by atoms with van der Waals surface area (Å²) >= 11 is 1.75. The molecule has 1 aromatic heterocycles. The number of rotatable bonds is 1. The Bertz CT molecular complexity index is 1560. The van der Waals surface area contributed by atoms with Crippen LogP contribution in [0, 0.1) is 0 Å². The van der Waals surface area contributed by atoms with Gasteiger partial charge in [-0.05, 0) is 46.5 Å². The number of imidazole rings is 1. The monoisotopic (exact) mass is 404 g/mol. The fourth-order valence-corrected chi connectivity index (χ4v) is 5.89. The lowest BCUT2D eigenvalue weighted by molar-refractivity contribution is 0.755. The molecule has 4 heteroatoms. The minimum absolute atomic E-state index is 0.0456. The first-order valence-electron chi connectivity index (χ1n) is 10.0. The van der Waals surface area contributed by atoms with Gasteiger partial charge in [-0.25, -0.2) is 4.79 Å². The summed E-state index contributed by atoms with van der Waals surface area (Å²) in [6, 6.07) is 29.6. The summed E-state index contributed by atoms with van der Waals surface area (Å²) < 4.78 is 3.85. The van der Waals surface area contributed by atoms with Crippen molar-refractivity contribution in [1.82, 2.24) is 9.13 Å². The molecule has 142 valence electrons. The molecule has 0 saturated heterocycles. The second-order valence-corrected chi connectivity index (χ2v) is 8.90. The Labute approximate surface area is 177 Å². The van der Waals surface area contributed by atoms with Gasteiger partial charge in [-0.15, -0.1) is 0 Å². The number of nitrogens with zero attached hydrogens (tertiary/aromatic N) is 2. The number of aromatic nitrogens is 2. The lowest BCUT2D eigenvalue weighted by Gasteiger charge is -2.21. The Morgan fingerprint density at radius 1 is 0.700 bits per heavy atom. The first kappa shape index (κ1) is 16.3. The van der Waals surface area contributed by atoms with Gasteiger partial charge in [0.25, 0.3) is 0 Å². The van der Waals surface area contributed by atoms with Gasteiger partial charge in [0, 0.05) is 15.4 Å². The molecule has 3 heterocycles. The van der Waals surface area contributed by atoms with Gasteiger partial charge in [0.1, 0.15) is 0 Å². The number of hydrogen-bond donors (Lipinski definition) is 0. The zero-order valence-corrected chi connectivity index (χ0v) is 16.8. The average Bonchev–Trinajstić information content (AvgIpc) is 3.10. The Hall–Kier alpha value is -3.50. The molecule has 0 spiro atoms. The van der Waals surface area contributed by atoms with E-state index in [1.54, 1.807) is 11.8 Å². The van der Waals surface area contributed by atoms with E-state index in [-0.39, 0.29) is 5.69 Å². The Kier molecular flexibility index (Phi) is 3.14. The van der Waals surface area contributed by atoms with E-state index < -0.39 is 0 Å². The van der Waals surface area contributed by atoms with Crippen molar-refractivity contribution < 1.29 is 0 Å². The van der Waals surface area contributed by atoms with E-state index in [1.165, 1.54) is 22.3 Å². The Balaban J connectivity index is 1.55. The SMILES string of the molecule is O=c1n2c3c(ccc4c3n1-c1ccccc1S4)-c1cc(-c3ccccc3)ccc1C2. The predicted molar refractivity (Wildman–Crippen MR) is 122 cm³/mol. The van der Waals surface area contributed by atoms with Crippen LogP contribution < -0.4 is 5.69 Å². The van der Waals surface area contributed by atoms with E-state index in [2.05, 4.69) is 60.7 Å². The minimum Gasteiger partial charge on any atom is -0.286 e. The molecule has 0 radical (unpaired) electrons. The molecule has 0 N–H and O–H groups in total. The molecule has 2 aliphatic rings. The normalized spacial score (nSPS) is 13.2. The van der Waals surface area contributed by atoms with Crippen LogP contribution in [0.4, 0.5) is 0 Å². The molecule has 3 nitrogen and oxygen atoms in total. The number of benzene rings is 4. The summed E-state index contributed by atoms with van der Waals surface area (Å²) in [4.78, 5) is 15.8. The third-order valence-corrected chi connectivity index (χ3v) is 7.31. The maximum absolute atomic E-state index is 13.5. The van der Waals surface area contributed by atoms with E-state index >= 15 is 0 Å². The number of fused-ring (bicyclic) bond motifs is 4. The van der Waals surface area contributed by atoms with E-state index in [9.17, 15) is 4.79 Å². The number of hydrogen-bond acceptors (Lipinski definition) is 2. The van der Waals surface area contributed by atoms with Crippen molar-refractivity contribution >= 4 is 22.8 Å². The van der Waals surface area contributed by atoms with Gasteiger partial charge < -0.3 is 0 Å². The van der Waals surface area contributed by atoms with Crippen LogP contribution in [0.2, 0.25) is 0 Å². The topological polar surface area (TPSA) is 26.9 Å². The van der Waals surface area contributed by atoms with Gasteiger partial charge in [-0.1, -0.05) is 72.4 Å². The van der Waals surface area contributed by atoms with E-state index in [1.807, 2.05) is 33.4 Å². The van der Waals surface area contributed by atoms with Gasteiger partial charge in [-0.3, -0.25) is 9.13 Å². The summed E-state index contributed by atoms with van der Waals surface area (Å²) in [5.74, 6) is 0. The maximum Gasteiger partial charge on any atom is 0.334 e. The third kappa shape index (κ3) is 2.04. The van der Waals surface area contributed by atoms with Crippen LogP contribution in [0.25, 0.3) is 39.0 Å². The van der Waals surface area contributed by atoms with Gasteiger partial charge in [0.05, 0.1) is 23.3 Å². The largest absolute Gasteiger partial charge is 0.334 e. The van der Waals surface area contributed by atoms with Crippen molar-refractivity contribution in [3.05, 3.63) is 101 Å². The van der Waals surface area contributed by atoms with Gasteiger partial charge in [-0.2, -0.15) is 0 Å². The molecule has 0 amide bonds. The fourth-order valence-electron chi connectivity index (χ4n) is 4.82. The van der Waals surface area contributed by atoms with Crippen LogP contribution in [0.15, 0.2) is 99.5 Å². The minimum atomic E-state index is 0.0456. The summed E-state index contributed by atoms with van der Waals surface area (Å²) in [6.07, 6.45) is 0. The Morgan fingerprint density at radius 3 is 2.43 bits per heavy atom. The molecule has 0 aliphatic carbocycles. The first-order chi connectivity index (χ1) is 14.8. The van der Waals surface area contributed by atoms with Gasteiger partial charge in [0.2, 0.25) is 0 Å². The molecule has 2 aliphatic heterocycles. The fraction of sp³-hybridized carbons (Fsp3) is 0.0385. The van der Waals surface area contributed by atoms with Gasteiger partial charge in [0.15, 0.2) is 0 Å². The molecule has 5 aromatic rings. The first-order valence-corrected chi connectivity index (χ1v) is 10.9. The molecule has 0 fully saturated rings. The number of para-hydroxylation sites is 1. The van der Waals surface area contributed by atoms with Crippen molar-refractivity contribution in [1.29, 1.82) is 0 Å². The second-order valence-electron chi connectivity index (χ2n) is 7.82. The highest BCUT2D eigenvalue weighted by Crippen LogP contribution is 2.46. The van der Waals surface area contributed by atoms with E-state index in [0.29, 0.717) is 6.54 Å². The third-order valence-electron chi connectivity index (χ3n) is 6.19. The predicted octanol–water partition coefficient (Wildman–Crippen LogP) is 5.95. The van der Waals surface area contributed by atoms with Crippen LogP contribution in [-0.2, 0) is 6.54 Å². The van der Waals surface area contributed by atoms with Crippen molar-refractivity contribution in [3.8, 4) is 27.9 Å². The van der Waals surface area contributed by atoms with Crippen LogP contribution in [0.5, 0.6) is 0 Å². The van der Waals surface area contributed by atoms with E-state index in [4.69, 9.17) is 0 Å². The summed E-state index contributed by atoms with van der Waals surface area (Å²) in [7, 11) is 0. The van der Waals surface area contributed by atoms with E-state index in [0.717, 1.165) is 32.1 Å². The zero-order chi connectivity index (χ0) is 19.8. The Morgan fingerprint density at radius 2 is 1.53 bits per heavy atom. The van der Waals surface area contributed by atoms with Crippen LogP contribution in [0.1, 0.15) is 5.56 Å². The molecule has 0 atom stereocenters.